The van der Waals surface area contributed by atoms with Gasteiger partial charge in [0, 0.05) is 38.8 Å². The number of anilines is 1. The van der Waals surface area contributed by atoms with Gasteiger partial charge >= 0.3 is 0 Å². The van der Waals surface area contributed by atoms with Crippen molar-refractivity contribution in [1.29, 1.82) is 0 Å². The Balaban J connectivity index is 0.00000243. The molecule has 0 amide bonds. The molecule has 0 aromatic heterocycles. The predicted molar refractivity (Wildman–Crippen MR) is 117 cm³/mol. The molecule has 146 valence electrons. The Hall–Kier alpha value is -1.09. The first kappa shape index (κ1) is 21.2. The van der Waals surface area contributed by atoms with Crippen LogP contribution in [0, 0.1) is 5.82 Å². The lowest BCUT2D eigenvalue weighted by Gasteiger charge is -2.38. The molecular formula is C19H31FIN5. The summed E-state index contributed by atoms with van der Waals surface area (Å²) in [6, 6.07) is 7.60. The summed E-state index contributed by atoms with van der Waals surface area (Å²) in [5, 5.41) is 3.42. The maximum atomic E-state index is 14.0. The highest BCUT2D eigenvalue weighted by atomic mass is 127. The van der Waals surface area contributed by atoms with Gasteiger partial charge in [0.2, 0.25) is 0 Å². The van der Waals surface area contributed by atoms with Crippen molar-refractivity contribution in [2.75, 3.05) is 57.8 Å². The maximum Gasteiger partial charge on any atom is 0.194 e. The van der Waals surface area contributed by atoms with Gasteiger partial charge in [-0.2, -0.15) is 0 Å². The molecule has 2 heterocycles. The number of aliphatic imine (C=N–C) groups is 1. The van der Waals surface area contributed by atoms with Crippen LogP contribution in [0.1, 0.15) is 19.8 Å². The van der Waals surface area contributed by atoms with Gasteiger partial charge < -0.3 is 20.0 Å². The van der Waals surface area contributed by atoms with Crippen LogP contribution in [0.15, 0.2) is 29.3 Å². The van der Waals surface area contributed by atoms with Crippen LogP contribution in [0.25, 0.3) is 0 Å². The third-order valence-electron chi connectivity index (χ3n) is 5.23. The minimum atomic E-state index is -0.138. The van der Waals surface area contributed by atoms with Gasteiger partial charge in [0.1, 0.15) is 5.82 Å². The number of likely N-dealkylation sites (N-methyl/N-ethyl adjacent to an activating group) is 1. The summed E-state index contributed by atoms with van der Waals surface area (Å²) in [7, 11) is 2.19. The van der Waals surface area contributed by atoms with Gasteiger partial charge in [0.25, 0.3) is 0 Å². The normalized spacial score (nSPS) is 21.7. The minimum Gasteiger partial charge on any atom is -0.366 e. The van der Waals surface area contributed by atoms with E-state index < -0.39 is 0 Å². The van der Waals surface area contributed by atoms with Crippen molar-refractivity contribution in [2.45, 2.75) is 25.8 Å². The molecule has 0 saturated carbocycles. The van der Waals surface area contributed by atoms with Crippen LogP contribution in [-0.2, 0) is 0 Å². The van der Waals surface area contributed by atoms with E-state index >= 15 is 0 Å². The third-order valence-corrected chi connectivity index (χ3v) is 5.23. The summed E-state index contributed by atoms with van der Waals surface area (Å²) in [5.41, 5.74) is 0.705. The van der Waals surface area contributed by atoms with Gasteiger partial charge in [0.15, 0.2) is 5.96 Å². The Bertz CT molecular complexity index is 589. The first-order chi connectivity index (χ1) is 12.2. The molecule has 26 heavy (non-hydrogen) atoms. The van der Waals surface area contributed by atoms with Crippen molar-refractivity contribution < 1.29 is 4.39 Å². The second-order valence-corrected chi connectivity index (χ2v) is 6.90. The molecule has 1 atom stereocenters. The zero-order chi connectivity index (χ0) is 17.6. The van der Waals surface area contributed by atoms with Crippen LogP contribution < -0.4 is 10.2 Å². The lowest BCUT2D eigenvalue weighted by atomic mass is 10.2. The largest absolute Gasteiger partial charge is 0.366 e. The van der Waals surface area contributed by atoms with Gasteiger partial charge in [-0.05, 0) is 45.5 Å². The molecule has 2 aliphatic heterocycles. The van der Waals surface area contributed by atoms with E-state index in [9.17, 15) is 4.39 Å². The van der Waals surface area contributed by atoms with E-state index in [1.165, 1.54) is 25.5 Å². The van der Waals surface area contributed by atoms with Crippen molar-refractivity contribution in [3.05, 3.63) is 30.1 Å². The van der Waals surface area contributed by atoms with Crippen LogP contribution in [-0.4, -0.2) is 74.7 Å². The number of rotatable bonds is 4. The van der Waals surface area contributed by atoms with Crippen LogP contribution in [0.5, 0.6) is 0 Å². The molecule has 0 spiro atoms. The fourth-order valence-electron chi connectivity index (χ4n) is 3.69. The van der Waals surface area contributed by atoms with E-state index in [2.05, 4.69) is 34.0 Å². The highest BCUT2D eigenvalue weighted by Gasteiger charge is 2.23. The highest BCUT2D eigenvalue weighted by Crippen LogP contribution is 2.20. The molecule has 2 fully saturated rings. The fraction of sp³-hybridized carbons (Fsp3) is 0.632. The first-order valence-electron chi connectivity index (χ1n) is 9.42. The van der Waals surface area contributed by atoms with E-state index in [4.69, 9.17) is 4.99 Å². The van der Waals surface area contributed by atoms with Crippen molar-refractivity contribution >= 4 is 35.6 Å². The summed E-state index contributed by atoms with van der Waals surface area (Å²) >= 11 is 0. The average molecular weight is 475 g/mol. The number of guanidine groups is 1. The summed E-state index contributed by atoms with van der Waals surface area (Å²) in [4.78, 5) is 11.7. The zero-order valence-corrected chi connectivity index (χ0v) is 18.2. The van der Waals surface area contributed by atoms with Gasteiger partial charge in [0.05, 0.1) is 12.2 Å². The number of halogens is 2. The van der Waals surface area contributed by atoms with E-state index in [0.717, 1.165) is 45.2 Å². The van der Waals surface area contributed by atoms with E-state index in [-0.39, 0.29) is 29.8 Å². The lowest BCUT2D eigenvalue weighted by molar-refractivity contribution is 0.314. The van der Waals surface area contributed by atoms with Crippen molar-refractivity contribution in [3.8, 4) is 0 Å². The number of hydrogen-bond acceptors (Lipinski definition) is 3. The molecule has 1 N–H and O–H groups in total. The fourth-order valence-corrected chi connectivity index (χ4v) is 3.69. The SMILES string of the molecule is CCNC(=NCC1CCCN1C)N1CCN(c2ccccc2F)CC1.I. The zero-order valence-electron chi connectivity index (χ0n) is 15.8. The molecule has 2 saturated heterocycles. The monoisotopic (exact) mass is 475 g/mol. The molecule has 2 aliphatic rings. The van der Waals surface area contributed by atoms with E-state index in [1.54, 1.807) is 6.07 Å². The molecule has 1 aromatic rings. The molecule has 0 bridgehead atoms. The van der Waals surface area contributed by atoms with Gasteiger partial charge in [-0.25, -0.2) is 4.39 Å². The average Bonchev–Trinajstić information content (AvgIpc) is 3.04. The topological polar surface area (TPSA) is 34.1 Å². The summed E-state index contributed by atoms with van der Waals surface area (Å²) in [5.74, 6) is 0.858. The molecule has 1 aromatic carbocycles. The number of para-hydroxylation sites is 1. The number of nitrogens with zero attached hydrogens (tertiary/aromatic N) is 4. The second-order valence-electron chi connectivity index (χ2n) is 6.90. The third kappa shape index (κ3) is 5.22. The van der Waals surface area contributed by atoms with Crippen LogP contribution in [0.3, 0.4) is 0 Å². The smallest absolute Gasteiger partial charge is 0.194 e. The minimum absolute atomic E-state index is 0. The van der Waals surface area contributed by atoms with Crippen LogP contribution in [0.2, 0.25) is 0 Å². The number of likely N-dealkylation sites (tertiary alicyclic amines) is 1. The number of benzene rings is 1. The molecule has 0 aliphatic carbocycles. The molecule has 5 nitrogen and oxygen atoms in total. The van der Waals surface area contributed by atoms with Crippen molar-refractivity contribution in [2.24, 2.45) is 4.99 Å². The van der Waals surface area contributed by atoms with Crippen LogP contribution >= 0.6 is 24.0 Å². The van der Waals surface area contributed by atoms with Crippen molar-refractivity contribution in [3.63, 3.8) is 0 Å². The van der Waals surface area contributed by atoms with E-state index in [1.807, 2.05) is 12.1 Å². The lowest BCUT2D eigenvalue weighted by Crippen LogP contribution is -2.53. The molecule has 1 unspecified atom stereocenters. The maximum absolute atomic E-state index is 14.0. The first-order valence-corrected chi connectivity index (χ1v) is 9.42. The Morgan fingerprint density at radius 3 is 2.54 bits per heavy atom. The number of piperazine rings is 1. The van der Waals surface area contributed by atoms with Gasteiger partial charge in [-0.3, -0.25) is 4.99 Å². The Morgan fingerprint density at radius 2 is 1.92 bits per heavy atom. The molecular weight excluding hydrogens is 444 g/mol. The Morgan fingerprint density at radius 1 is 1.19 bits per heavy atom. The van der Waals surface area contributed by atoms with Gasteiger partial charge in [-0.1, -0.05) is 12.1 Å². The summed E-state index contributed by atoms with van der Waals surface area (Å²) in [6.45, 7) is 8.36. The molecule has 0 radical (unpaired) electrons. The second kappa shape index (κ2) is 10.3. The molecule has 7 heteroatoms. The van der Waals surface area contributed by atoms with Crippen molar-refractivity contribution in [1.82, 2.24) is 15.1 Å². The quantitative estimate of drug-likeness (QED) is 0.413. The van der Waals surface area contributed by atoms with Crippen LogP contribution in [0.4, 0.5) is 10.1 Å². The molecule has 3 rings (SSSR count). The number of nitrogens with one attached hydrogen (secondary N) is 1. The Labute approximate surface area is 173 Å². The standard InChI is InChI=1S/C19H30FN5.HI/c1-3-21-19(22-15-16-7-6-10-23(16)2)25-13-11-24(12-14-25)18-9-5-4-8-17(18)20;/h4-5,8-9,16H,3,6-7,10-15H2,1-2H3,(H,21,22);1H. The van der Waals surface area contributed by atoms with E-state index in [0.29, 0.717) is 11.7 Å². The van der Waals surface area contributed by atoms with Gasteiger partial charge in [-0.15, -0.1) is 24.0 Å². The number of hydrogen-bond donors (Lipinski definition) is 1. The summed E-state index contributed by atoms with van der Waals surface area (Å²) in [6.07, 6.45) is 2.51. The Kier molecular flexibility index (Phi) is 8.40. The summed E-state index contributed by atoms with van der Waals surface area (Å²) < 4.78 is 14.0. The predicted octanol–water partition coefficient (Wildman–Crippen LogP) is 2.63. The highest BCUT2D eigenvalue weighted by molar-refractivity contribution is 14.0.